The van der Waals surface area contributed by atoms with E-state index in [1.54, 1.807) is 7.11 Å². The zero-order chi connectivity index (χ0) is 16.9. The second-order valence-electron chi connectivity index (χ2n) is 5.83. The SMILES string of the molecule is CCNC(=NCC(C)COCc1ccccc1)NC(C)COC.I. The highest BCUT2D eigenvalue weighted by molar-refractivity contribution is 14.0. The zero-order valence-electron chi connectivity index (χ0n) is 15.2. The van der Waals surface area contributed by atoms with Crippen molar-refractivity contribution in [1.29, 1.82) is 0 Å². The highest BCUT2D eigenvalue weighted by atomic mass is 127. The topological polar surface area (TPSA) is 54.9 Å². The minimum Gasteiger partial charge on any atom is -0.383 e. The average Bonchev–Trinajstić information content (AvgIpc) is 2.54. The van der Waals surface area contributed by atoms with Gasteiger partial charge in [0.1, 0.15) is 0 Å². The summed E-state index contributed by atoms with van der Waals surface area (Å²) in [5, 5.41) is 6.58. The van der Waals surface area contributed by atoms with E-state index in [1.165, 1.54) is 5.56 Å². The molecule has 1 rings (SSSR count). The molecule has 0 spiro atoms. The molecule has 0 amide bonds. The molecule has 0 saturated carbocycles. The molecule has 6 heteroatoms. The Bertz CT molecular complexity index is 443. The fraction of sp³-hybridized carbons (Fsp3) is 0.611. The molecule has 24 heavy (non-hydrogen) atoms. The third kappa shape index (κ3) is 10.8. The summed E-state index contributed by atoms with van der Waals surface area (Å²) in [6.07, 6.45) is 0. The Morgan fingerprint density at radius 1 is 1.17 bits per heavy atom. The summed E-state index contributed by atoms with van der Waals surface area (Å²) in [7, 11) is 1.70. The third-order valence-electron chi connectivity index (χ3n) is 3.22. The predicted molar refractivity (Wildman–Crippen MR) is 111 cm³/mol. The molecule has 138 valence electrons. The average molecular weight is 449 g/mol. The number of halogens is 1. The maximum Gasteiger partial charge on any atom is 0.191 e. The van der Waals surface area contributed by atoms with Gasteiger partial charge in [-0.1, -0.05) is 37.3 Å². The van der Waals surface area contributed by atoms with Gasteiger partial charge < -0.3 is 20.1 Å². The minimum absolute atomic E-state index is 0. The van der Waals surface area contributed by atoms with E-state index in [1.807, 2.05) is 18.2 Å². The molecule has 0 fully saturated rings. The Labute approximate surface area is 163 Å². The quantitative estimate of drug-likeness (QED) is 0.328. The van der Waals surface area contributed by atoms with Gasteiger partial charge in [-0.15, -0.1) is 24.0 Å². The van der Waals surface area contributed by atoms with Crippen molar-refractivity contribution in [3.8, 4) is 0 Å². The van der Waals surface area contributed by atoms with Crippen LogP contribution in [0.5, 0.6) is 0 Å². The van der Waals surface area contributed by atoms with Gasteiger partial charge in [0.25, 0.3) is 0 Å². The molecular weight excluding hydrogens is 417 g/mol. The van der Waals surface area contributed by atoms with Crippen molar-refractivity contribution in [3.05, 3.63) is 35.9 Å². The highest BCUT2D eigenvalue weighted by Crippen LogP contribution is 2.03. The Morgan fingerprint density at radius 3 is 2.50 bits per heavy atom. The number of nitrogens with zero attached hydrogens (tertiary/aromatic N) is 1. The summed E-state index contributed by atoms with van der Waals surface area (Å²) >= 11 is 0. The number of methoxy groups -OCH3 is 1. The van der Waals surface area contributed by atoms with Gasteiger partial charge in [0.15, 0.2) is 5.96 Å². The van der Waals surface area contributed by atoms with Crippen LogP contribution in [-0.4, -0.2) is 45.4 Å². The number of hydrogen-bond donors (Lipinski definition) is 2. The maximum atomic E-state index is 5.76. The zero-order valence-corrected chi connectivity index (χ0v) is 17.6. The number of aliphatic imine (C=N–C) groups is 1. The third-order valence-corrected chi connectivity index (χ3v) is 3.22. The normalized spacial score (nSPS) is 13.8. The van der Waals surface area contributed by atoms with E-state index in [4.69, 9.17) is 9.47 Å². The van der Waals surface area contributed by atoms with Crippen molar-refractivity contribution >= 4 is 29.9 Å². The molecule has 2 atom stereocenters. The molecule has 0 bridgehead atoms. The number of guanidine groups is 1. The summed E-state index contributed by atoms with van der Waals surface area (Å²) in [5.41, 5.74) is 1.20. The van der Waals surface area contributed by atoms with Crippen LogP contribution < -0.4 is 10.6 Å². The van der Waals surface area contributed by atoms with Gasteiger partial charge in [-0.3, -0.25) is 4.99 Å². The fourth-order valence-corrected chi connectivity index (χ4v) is 2.10. The molecule has 0 aliphatic rings. The molecule has 1 aromatic rings. The molecular formula is C18H32IN3O2. The lowest BCUT2D eigenvalue weighted by molar-refractivity contribution is 0.0944. The van der Waals surface area contributed by atoms with Gasteiger partial charge in [-0.25, -0.2) is 0 Å². The van der Waals surface area contributed by atoms with Crippen LogP contribution in [0.3, 0.4) is 0 Å². The van der Waals surface area contributed by atoms with Crippen LogP contribution in [-0.2, 0) is 16.1 Å². The fourth-order valence-electron chi connectivity index (χ4n) is 2.10. The van der Waals surface area contributed by atoms with Gasteiger partial charge in [0.05, 0.1) is 19.8 Å². The number of ether oxygens (including phenoxy) is 2. The van der Waals surface area contributed by atoms with Crippen LogP contribution in [0.15, 0.2) is 35.3 Å². The van der Waals surface area contributed by atoms with E-state index in [0.717, 1.165) is 19.0 Å². The van der Waals surface area contributed by atoms with Crippen molar-refractivity contribution < 1.29 is 9.47 Å². The Balaban J connectivity index is 0.00000529. The number of rotatable bonds is 10. The molecule has 2 unspecified atom stereocenters. The lowest BCUT2D eigenvalue weighted by Gasteiger charge is -2.18. The number of nitrogens with one attached hydrogen (secondary N) is 2. The molecule has 1 aromatic carbocycles. The molecule has 0 heterocycles. The Morgan fingerprint density at radius 2 is 1.88 bits per heavy atom. The van der Waals surface area contributed by atoms with Gasteiger partial charge in [0, 0.05) is 26.2 Å². The maximum absolute atomic E-state index is 5.76. The Kier molecular flexibility index (Phi) is 14.0. The molecule has 2 N–H and O–H groups in total. The highest BCUT2D eigenvalue weighted by Gasteiger charge is 2.06. The largest absolute Gasteiger partial charge is 0.383 e. The van der Waals surface area contributed by atoms with Gasteiger partial charge >= 0.3 is 0 Å². The van der Waals surface area contributed by atoms with Crippen molar-refractivity contribution in [2.75, 3.05) is 33.4 Å². The van der Waals surface area contributed by atoms with Crippen LogP contribution in [0, 0.1) is 5.92 Å². The summed E-state index contributed by atoms with van der Waals surface area (Å²) in [5.74, 6) is 1.19. The second kappa shape index (κ2) is 14.5. The molecule has 5 nitrogen and oxygen atoms in total. The standard InChI is InChI=1S/C18H31N3O2.HI/c1-5-19-18(21-16(3)13-22-4)20-11-15(2)12-23-14-17-9-7-6-8-10-17;/h6-10,15-16H,5,11-14H2,1-4H3,(H2,19,20,21);1H. The second-order valence-corrected chi connectivity index (χ2v) is 5.83. The minimum atomic E-state index is 0. The first kappa shape index (κ1) is 23.1. The predicted octanol–water partition coefficient (Wildman–Crippen LogP) is 3.05. The van der Waals surface area contributed by atoms with Crippen LogP contribution >= 0.6 is 24.0 Å². The first-order valence-corrected chi connectivity index (χ1v) is 8.31. The summed E-state index contributed by atoms with van der Waals surface area (Å²) in [4.78, 5) is 4.62. The van der Waals surface area contributed by atoms with Gasteiger partial charge in [-0.2, -0.15) is 0 Å². The summed E-state index contributed by atoms with van der Waals surface area (Å²) in [6.45, 7) is 9.85. The van der Waals surface area contributed by atoms with Gasteiger partial charge in [0.2, 0.25) is 0 Å². The molecule has 0 radical (unpaired) electrons. The van der Waals surface area contributed by atoms with Crippen LogP contribution in [0.2, 0.25) is 0 Å². The van der Waals surface area contributed by atoms with Crippen LogP contribution in [0.1, 0.15) is 26.3 Å². The van der Waals surface area contributed by atoms with E-state index in [-0.39, 0.29) is 30.0 Å². The monoisotopic (exact) mass is 449 g/mol. The molecule has 0 saturated heterocycles. The van der Waals surface area contributed by atoms with E-state index in [0.29, 0.717) is 25.7 Å². The number of benzene rings is 1. The van der Waals surface area contributed by atoms with E-state index in [2.05, 4.69) is 48.5 Å². The summed E-state index contributed by atoms with van der Waals surface area (Å²) in [6, 6.07) is 10.5. The van der Waals surface area contributed by atoms with Crippen LogP contribution in [0.4, 0.5) is 0 Å². The molecule has 0 aliphatic carbocycles. The molecule has 0 aliphatic heterocycles. The lowest BCUT2D eigenvalue weighted by Crippen LogP contribution is -2.44. The Hall–Kier alpha value is -0.860. The summed E-state index contributed by atoms with van der Waals surface area (Å²) < 4.78 is 10.9. The number of hydrogen-bond acceptors (Lipinski definition) is 3. The van der Waals surface area contributed by atoms with Crippen molar-refractivity contribution in [2.24, 2.45) is 10.9 Å². The van der Waals surface area contributed by atoms with Crippen molar-refractivity contribution in [1.82, 2.24) is 10.6 Å². The molecule has 0 aromatic heterocycles. The first-order valence-electron chi connectivity index (χ1n) is 8.31. The van der Waals surface area contributed by atoms with Crippen LogP contribution in [0.25, 0.3) is 0 Å². The van der Waals surface area contributed by atoms with Gasteiger partial charge in [-0.05, 0) is 25.3 Å². The first-order chi connectivity index (χ1) is 11.2. The van der Waals surface area contributed by atoms with E-state index >= 15 is 0 Å². The van der Waals surface area contributed by atoms with E-state index in [9.17, 15) is 0 Å². The lowest BCUT2D eigenvalue weighted by atomic mass is 10.2. The van der Waals surface area contributed by atoms with Crippen molar-refractivity contribution in [3.63, 3.8) is 0 Å². The smallest absolute Gasteiger partial charge is 0.191 e. The van der Waals surface area contributed by atoms with Crippen molar-refractivity contribution in [2.45, 2.75) is 33.4 Å². The van der Waals surface area contributed by atoms with E-state index < -0.39 is 0 Å².